The van der Waals surface area contributed by atoms with Crippen LogP contribution >= 0.6 is 23.1 Å². The van der Waals surface area contributed by atoms with Crippen molar-refractivity contribution in [1.29, 1.82) is 0 Å². The van der Waals surface area contributed by atoms with Gasteiger partial charge in [-0.05, 0) is 53.0 Å². The molecule has 3 aromatic carbocycles. The standard InChI is InChI=1S/C28H29ClN4O3S/c29-23-16-19(18-30-8-9-33-10-12-34-13-11-33)4-6-24(23)31-28-22-3-1-2-21(27(22)37-32-28)20-5-7-25-26(17-20)36-15-14-35-25/h1-7,16-17,30H,8-15,18H2,(H,31,32). The van der Waals surface area contributed by atoms with Crippen LogP contribution in [0.25, 0.3) is 21.2 Å². The fourth-order valence-corrected chi connectivity index (χ4v) is 5.81. The maximum atomic E-state index is 6.66. The Morgan fingerprint density at radius 2 is 1.81 bits per heavy atom. The molecule has 2 aliphatic heterocycles. The van der Waals surface area contributed by atoms with Gasteiger partial charge in [-0.25, -0.2) is 0 Å². The third-order valence-electron chi connectivity index (χ3n) is 6.68. The monoisotopic (exact) mass is 536 g/mol. The van der Waals surface area contributed by atoms with Crippen molar-refractivity contribution in [3.8, 4) is 22.6 Å². The number of anilines is 2. The number of halogens is 1. The highest BCUT2D eigenvalue weighted by molar-refractivity contribution is 7.14. The normalized spacial score (nSPS) is 15.7. The summed E-state index contributed by atoms with van der Waals surface area (Å²) in [5, 5.41) is 8.70. The summed E-state index contributed by atoms with van der Waals surface area (Å²) in [6.45, 7) is 7.59. The van der Waals surface area contributed by atoms with E-state index in [2.05, 4.69) is 45.9 Å². The zero-order valence-corrected chi connectivity index (χ0v) is 22.0. The lowest BCUT2D eigenvalue weighted by molar-refractivity contribution is 0.0384. The van der Waals surface area contributed by atoms with E-state index in [1.165, 1.54) is 11.5 Å². The first-order chi connectivity index (χ1) is 18.2. The molecule has 2 aliphatic rings. The number of aromatic nitrogens is 1. The summed E-state index contributed by atoms with van der Waals surface area (Å²) in [6, 6.07) is 18.5. The summed E-state index contributed by atoms with van der Waals surface area (Å²) in [5.74, 6) is 2.38. The minimum absolute atomic E-state index is 0.569. The Labute approximate surface area is 225 Å². The Morgan fingerprint density at radius 1 is 0.946 bits per heavy atom. The van der Waals surface area contributed by atoms with E-state index >= 15 is 0 Å². The van der Waals surface area contributed by atoms with Crippen molar-refractivity contribution < 1.29 is 14.2 Å². The summed E-state index contributed by atoms with van der Waals surface area (Å²) in [7, 11) is 0. The lowest BCUT2D eigenvalue weighted by Crippen LogP contribution is -2.40. The Kier molecular flexibility index (Phi) is 7.43. The van der Waals surface area contributed by atoms with Crippen molar-refractivity contribution in [3.63, 3.8) is 0 Å². The second kappa shape index (κ2) is 11.2. The molecule has 1 aromatic heterocycles. The van der Waals surface area contributed by atoms with E-state index in [4.69, 9.17) is 30.2 Å². The Hall–Kier alpha value is -2.88. The minimum atomic E-state index is 0.569. The van der Waals surface area contributed by atoms with Crippen LogP contribution < -0.4 is 20.1 Å². The van der Waals surface area contributed by atoms with Gasteiger partial charge in [0.2, 0.25) is 0 Å². The first kappa shape index (κ1) is 24.5. The molecule has 0 atom stereocenters. The SMILES string of the molecule is Clc1cc(CNCCN2CCOCC2)ccc1Nc1nsc2c(-c3ccc4c(c3)OCCO4)cccc12. The van der Waals surface area contributed by atoms with Gasteiger partial charge in [-0.3, -0.25) is 4.90 Å². The molecule has 0 amide bonds. The highest BCUT2D eigenvalue weighted by Gasteiger charge is 2.16. The van der Waals surface area contributed by atoms with E-state index in [9.17, 15) is 0 Å². The maximum Gasteiger partial charge on any atom is 0.161 e. The summed E-state index contributed by atoms with van der Waals surface area (Å²) < 4.78 is 22.7. The molecule has 2 N–H and O–H groups in total. The minimum Gasteiger partial charge on any atom is -0.486 e. The number of morpholine rings is 1. The zero-order valence-electron chi connectivity index (χ0n) is 20.5. The summed E-state index contributed by atoms with van der Waals surface area (Å²) >= 11 is 8.14. The van der Waals surface area contributed by atoms with Gasteiger partial charge >= 0.3 is 0 Å². The highest BCUT2D eigenvalue weighted by atomic mass is 35.5. The highest BCUT2D eigenvalue weighted by Crippen LogP contribution is 2.40. The molecule has 37 heavy (non-hydrogen) atoms. The summed E-state index contributed by atoms with van der Waals surface area (Å²) in [4.78, 5) is 2.42. The Morgan fingerprint density at radius 3 is 2.68 bits per heavy atom. The predicted molar refractivity (Wildman–Crippen MR) is 150 cm³/mol. The molecular formula is C28H29ClN4O3S. The van der Waals surface area contributed by atoms with Gasteiger partial charge in [0.1, 0.15) is 13.2 Å². The molecule has 1 fully saturated rings. The average Bonchev–Trinajstić information content (AvgIpc) is 3.36. The van der Waals surface area contributed by atoms with E-state index in [-0.39, 0.29) is 0 Å². The number of fused-ring (bicyclic) bond motifs is 2. The molecule has 6 rings (SSSR count). The molecule has 0 bridgehead atoms. The van der Waals surface area contributed by atoms with Crippen LogP contribution in [-0.2, 0) is 11.3 Å². The van der Waals surface area contributed by atoms with E-state index in [0.717, 1.165) is 95.7 Å². The zero-order chi connectivity index (χ0) is 25.0. The summed E-state index contributed by atoms with van der Waals surface area (Å²) in [5.41, 5.74) is 4.19. The number of ether oxygens (including phenoxy) is 3. The smallest absolute Gasteiger partial charge is 0.161 e. The third-order valence-corrected chi connectivity index (χ3v) is 7.88. The third kappa shape index (κ3) is 5.54. The van der Waals surface area contributed by atoms with Crippen LogP contribution in [0.4, 0.5) is 11.5 Å². The van der Waals surface area contributed by atoms with Crippen molar-refractivity contribution in [2.24, 2.45) is 0 Å². The fourth-order valence-electron chi connectivity index (χ4n) is 4.68. The maximum absolute atomic E-state index is 6.66. The molecule has 0 spiro atoms. The number of rotatable bonds is 8. The van der Waals surface area contributed by atoms with Gasteiger partial charge < -0.3 is 24.8 Å². The van der Waals surface area contributed by atoms with Crippen LogP contribution in [0.15, 0.2) is 54.6 Å². The Balaban J connectivity index is 1.14. The van der Waals surface area contributed by atoms with Gasteiger partial charge in [0.15, 0.2) is 17.3 Å². The largest absolute Gasteiger partial charge is 0.486 e. The molecule has 0 saturated carbocycles. The molecular weight excluding hydrogens is 508 g/mol. The molecule has 9 heteroatoms. The number of nitrogens with one attached hydrogen (secondary N) is 2. The quantitative estimate of drug-likeness (QED) is 0.286. The van der Waals surface area contributed by atoms with Crippen LogP contribution in [0, 0.1) is 0 Å². The van der Waals surface area contributed by atoms with Crippen LogP contribution in [0.1, 0.15) is 5.56 Å². The first-order valence-electron chi connectivity index (χ1n) is 12.6. The lowest BCUT2D eigenvalue weighted by atomic mass is 10.0. The van der Waals surface area contributed by atoms with E-state index in [1.54, 1.807) is 0 Å². The van der Waals surface area contributed by atoms with Crippen molar-refractivity contribution in [1.82, 2.24) is 14.6 Å². The number of benzene rings is 3. The molecule has 7 nitrogen and oxygen atoms in total. The van der Waals surface area contributed by atoms with Crippen LogP contribution in [0.2, 0.25) is 5.02 Å². The van der Waals surface area contributed by atoms with Crippen molar-refractivity contribution >= 4 is 44.7 Å². The fraction of sp³-hybridized carbons (Fsp3) is 0.321. The molecule has 1 saturated heterocycles. The molecule has 0 aliphatic carbocycles. The van der Waals surface area contributed by atoms with Crippen LogP contribution in [-0.4, -0.2) is 61.9 Å². The van der Waals surface area contributed by atoms with E-state index in [0.29, 0.717) is 18.2 Å². The lowest BCUT2D eigenvalue weighted by Gasteiger charge is -2.26. The van der Waals surface area contributed by atoms with Crippen molar-refractivity contribution in [2.45, 2.75) is 6.54 Å². The van der Waals surface area contributed by atoms with Gasteiger partial charge in [0.25, 0.3) is 0 Å². The predicted octanol–water partition coefficient (Wildman–Crippen LogP) is 5.55. The Bertz CT molecular complexity index is 1390. The molecule has 0 unspecified atom stereocenters. The van der Waals surface area contributed by atoms with E-state index < -0.39 is 0 Å². The van der Waals surface area contributed by atoms with Gasteiger partial charge in [0, 0.05) is 43.7 Å². The van der Waals surface area contributed by atoms with Gasteiger partial charge in [-0.2, -0.15) is 4.37 Å². The van der Waals surface area contributed by atoms with Crippen LogP contribution in [0.3, 0.4) is 0 Å². The topological polar surface area (TPSA) is 67.9 Å². The second-order valence-corrected chi connectivity index (χ2v) is 10.3. The number of hydrogen-bond donors (Lipinski definition) is 2. The second-order valence-electron chi connectivity index (χ2n) is 9.14. The molecule has 192 valence electrons. The van der Waals surface area contributed by atoms with Crippen molar-refractivity contribution in [3.05, 3.63) is 65.2 Å². The molecule has 3 heterocycles. The van der Waals surface area contributed by atoms with E-state index in [1.807, 2.05) is 24.3 Å². The average molecular weight is 537 g/mol. The van der Waals surface area contributed by atoms with Gasteiger partial charge in [-0.1, -0.05) is 35.9 Å². The van der Waals surface area contributed by atoms with Gasteiger partial charge in [-0.15, -0.1) is 0 Å². The van der Waals surface area contributed by atoms with Crippen molar-refractivity contribution in [2.75, 3.05) is 57.9 Å². The first-order valence-corrected chi connectivity index (χ1v) is 13.7. The summed E-state index contributed by atoms with van der Waals surface area (Å²) in [6.07, 6.45) is 0. The number of nitrogens with zero attached hydrogens (tertiary/aromatic N) is 2. The molecule has 4 aromatic rings. The molecule has 0 radical (unpaired) electrons. The number of hydrogen-bond acceptors (Lipinski definition) is 8. The van der Waals surface area contributed by atoms with Crippen LogP contribution in [0.5, 0.6) is 11.5 Å². The van der Waals surface area contributed by atoms with Gasteiger partial charge in [0.05, 0.1) is 28.6 Å².